The highest BCUT2D eigenvalue weighted by Gasteiger charge is 2.31. The molecule has 0 spiro atoms. The lowest BCUT2D eigenvalue weighted by Gasteiger charge is -2.19. The Bertz CT molecular complexity index is 1160. The van der Waals surface area contributed by atoms with Crippen LogP contribution in [-0.4, -0.2) is 36.5 Å². The van der Waals surface area contributed by atoms with Gasteiger partial charge >= 0.3 is 6.03 Å². The van der Waals surface area contributed by atoms with E-state index in [0.717, 1.165) is 11.1 Å². The Balaban J connectivity index is 1.50. The van der Waals surface area contributed by atoms with Crippen LogP contribution in [0.2, 0.25) is 0 Å². The van der Waals surface area contributed by atoms with Crippen molar-refractivity contribution in [2.45, 2.75) is 0 Å². The van der Waals surface area contributed by atoms with Crippen LogP contribution in [0.25, 0.3) is 6.08 Å². The molecule has 2 N–H and O–H groups in total. The van der Waals surface area contributed by atoms with Gasteiger partial charge in [-0.25, -0.2) is 9.79 Å². The van der Waals surface area contributed by atoms with Crippen LogP contribution < -0.4 is 15.4 Å². The van der Waals surface area contributed by atoms with E-state index in [2.05, 4.69) is 15.6 Å². The Kier molecular flexibility index (Phi) is 6.27. The van der Waals surface area contributed by atoms with Crippen molar-refractivity contribution in [1.29, 1.82) is 0 Å². The number of hydrogen-bond acceptors (Lipinski definition) is 4. The van der Waals surface area contributed by atoms with Crippen LogP contribution >= 0.6 is 0 Å². The molecule has 0 bridgehead atoms. The number of anilines is 1. The first-order valence-corrected chi connectivity index (χ1v) is 10.1. The predicted octanol–water partition coefficient (Wildman–Crippen LogP) is 4.10. The first-order valence-electron chi connectivity index (χ1n) is 10.1. The van der Waals surface area contributed by atoms with Crippen LogP contribution in [0.4, 0.5) is 10.5 Å². The van der Waals surface area contributed by atoms with Gasteiger partial charge < -0.3 is 15.4 Å². The molecular formula is C25H22N4O3. The maximum Gasteiger partial charge on any atom is 0.320 e. The summed E-state index contributed by atoms with van der Waals surface area (Å²) in [7, 11) is 1.58. The van der Waals surface area contributed by atoms with Crippen LogP contribution in [0.1, 0.15) is 11.1 Å². The van der Waals surface area contributed by atoms with Gasteiger partial charge in [0.2, 0.25) is 0 Å². The molecule has 0 saturated heterocycles. The monoisotopic (exact) mass is 426 g/mol. The zero-order valence-electron chi connectivity index (χ0n) is 17.5. The molecule has 7 heteroatoms. The van der Waals surface area contributed by atoms with Crippen molar-refractivity contribution in [3.05, 3.63) is 102 Å². The number of aliphatic imine (C=N–C) groups is 1. The maximum atomic E-state index is 13.1. The Morgan fingerprint density at radius 2 is 1.62 bits per heavy atom. The third-order valence-electron chi connectivity index (χ3n) is 4.83. The molecule has 32 heavy (non-hydrogen) atoms. The lowest BCUT2D eigenvalue weighted by molar-refractivity contribution is -0.122. The molecule has 4 rings (SSSR count). The fourth-order valence-electron chi connectivity index (χ4n) is 3.21. The minimum absolute atomic E-state index is 0.0271. The van der Waals surface area contributed by atoms with Crippen molar-refractivity contribution in [2.24, 2.45) is 4.99 Å². The Morgan fingerprint density at radius 1 is 0.969 bits per heavy atom. The highest BCUT2D eigenvalue weighted by Crippen LogP contribution is 2.21. The van der Waals surface area contributed by atoms with Gasteiger partial charge in [-0.15, -0.1) is 0 Å². The third kappa shape index (κ3) is 4.84. The highest BCUT2D eigenvalue weighted by atomic mass is 16.5. The number of rotatable bonds is 6. The summed E-state index contributed by atoms with van der Waals surface area (Å²) in [4.78, 5) is 31.5. The Hall–Kier alpha value is -4.39. The second-order valence-electron chi connectivity index (χ2n) is 6.99. The zero-order chi connectivity index (χ0) is 22.3. The van der Waals surface area contributed by atoms with Crippen LogP contribution in [0, 0.1) is 0 Å². The largest absolute Gasteiger partial charge is 0.497 e. The lowest BCUT2D eigenvalue weighted by atomic mass is 10.2. The van der Waals surface area contributed by atoms with E-state index in [1.54, 1.807) is 37.5 Å². The summed E-state index contributed by atoms with van der Waals surface area (Å²) < 4.78 is 5.12. The quantitative estimate of drug-likeness (QED) is 0.582. The van der Waals surface area contributed by atoms with Gasteiger partial charge in [-0.2, -0.15) is 0 Å². The zero-order valence-corrected chi connectivity index (χ0v) is 17.5. The van der Waals surface area contributed by atoms with Crippen molar-refractivity contribution in [2.75, 3.05) is 19.1 Å². The molecule has 3 aromatic carbocycles. The number of nitrogens with one attached hydrogen (secondary N) is 2. The van der Waals surface area contributed by atoms with Gasteiger partial charge in [-0.05, 0) is 35.9 Å². The molecule has 0 aromatic heterocycles. The molecule has 0 saturated carbocycles. The van der Waals surface area contributed by atoms with E-state index in [4.69, 9.17) is 4.74 Å². The molecule has 0 aliphatic carbocycles. The maximum absolute atomic E-state index is 13.1. The average molecular weight is 426 g/mol. The van der Waals surface area contributed by atoms with Crippen LogP contribution in [-0.2, 0) is 4.79 Å². The van der Waals surface area contributed by atoms with E-state index in [-0.39, 0.29) is 12.6 Å². The summed E-state index contributed by atoms with van der Waals surface area (Å²) >= 11 is 0. The molecule has 1 heterocycles. The van der Waals surface area contributed by atoms with Crippen molar-refractivity contribution in [3.63, 3.8) is 0 Å². The van der Waals surface area contributed by atoms with Gasteiger partial charge in [0.25, 0.3) is 5.91 Å². The molecule has 0 unspecified atom stereocenters. The minimum Gasteiger partial charge on any atom is -0.497 e. The molecule has 3 aromatic rings. The minimum atomic E-state index is -0.434. The summed E-state index contributed by atoms with van der Waals surface area (Å²) in [6.45, 7) is -0.0271. The normalized spacial score (nSPS) is 14.3. The lowest BCUT2D eigenvalue weighted by Crippen LogP contribution is -2.43. The Morgan fingerprint density at radius 3 is 2.28 bits per heavy atom. The molecule has 3 amide bonds. The number of hydrogen-bond donors (Lipinski definition) is 2. The van der Waals surface area contributed by atoms with E-state index in [1.165, 1.54) is 4.90 Å². The van der Waals surface area contributed by atoms with Crippen LogP contribution in [0.15, 0.2) is 95.6 Å². The molecule has 7 nitrogen and oxygen atoms in total. The fraction of sp³-hybridized carbons (Fsp3) is 0.0800. The second kappa shape index (κ2) is 9.61. The molecule has 0 radical (unpaired) electrons. The highest BCUT2D eigenvalue weighted by molar-refractivity contribution is 6.19. The number of amidine groups is 1. The smallest absolute Gasteiger partial charge is 0.320 e. The fourth-order valence-corrected chi connectivity index (χ4v) is 3.21. The van der Waals surface area contributed by atoms with Gasteiger partial charge in [-0.1, -0.05) is 60.7 Å². The van der Waals surface area contributed by atoms with E-state index in [9.17, 15) is 9.59 Å². The SMILES string of the molecule is COc1ccc(NC(=O)NCN2C(=O)/C(=C\c3ccccc3)N=C2c2ccccc2)cc1. The number of ether oxygens (including phenoxy) is 1. The van der Waals surface area contributed by atoms with Crippen LogP contribution in [0.3, 0.4) is 0 Å². The van der Waals surface area contributed by atoms with Gasteiger partial charge in [0, 0.05) is 11.3 Å². The van der Waals surface area contributed by atoms with E-state index in [1.807, 2.05) is 60.7 Å². The van der Waals surface area contributed by atoms with Crippen LogP contribution in [0.5, 0.6) is 5.75 Å². The number of amides is 3. The van der Waals surface area contributed by atoms with Gasteiger partial charge in [0.15, 0.2) is 0 Å². The average Bonchev–Trinajstić information content (AvgIpc) is 3.14. The number of carbonyl (C=O) groups excluding carboxylic acids is 2. The standard InChI is InChI=1S/C25H22N4O3/c1-32-21-14-12-20(13-15-21)27-25(31)26-17-29-23(19-10-6-3-7-11-19)28-22(24(29)30)16-18-8-4-2-5-9-18/h2-16H,17H2,1H3,(H2,26,27,31)/b22-16+. The predicted molar refractivity (Wildman–Crippen MR) is 124 cm³/mol. The van der Waals surface area contributed by atoms with E-state index in [0.29, 0.717) is 23.0 Å². The Labute approximate surface area is 186 Å². The number of carbonyl (C=O) groups is 2. The number of benzene rings is 3. The summed E-state index contributed by atoms with van der Waals surface area (Å²) in [5.74, 6) is 0.903. The first kappa shape index (κ1) is 20.9. The van der Waals surface area contributed by atoms with Crippen molar-refractivity contribution in [1.82, 2.24) is 10.2 Å². The van der Waals surface area contributed by atoms with Gasteiger partial charge in [-0.3, -0.25) is 9.69 Å². The topological polar surface area (TPSA) is 83.0 Å². The number of urea groups is 1. The molecular weight excluding hydrogens is 404 g/mol. The third-order valence-corrected chi connectivity index (χ3v) is 4.83. The number of methoxy groups -OCH3 is 1. The number of nitrogens with zero attached hydrogens (tertiary/aromatic N) is 2. The summed E-state index contributed by atoms with van der Waals surface area (Å²) in [5, 5.41) is 5.47. The van der Waals surface area contributed by atoms with Gasteiger partial charge in [0.1, 0.15) is 24.0 Å². The first-order chi connectivity index (χ1) is 15.6. The summed E-state index contributed by atoms with van der Waals surface area (Å²) in [6.07, 6.45) is 1.74. The summed E-state index contributed by atoms with van der Waals surface area (Å²) in [6, 6.07) is 25.5. The van der Waals surface area contributed by atoms with Gasteiger partial charge in [0.05, 0.1) is 7.11 Å². The van der Waals surface area contributed by atoms with Crippen molar-refractivity contribution in [3.8, 4) is 5.75 Å². The van der Waals surface area contributed by atoms with E-state index >= 15 is 0 Å². The molecule has 160 valence electrons. The van der Waals surface area contributed by atoms with E-state index < -0.39 is 6.03 Å². The molecule has 0 atom stereocenters. The molecule has 1 aliphatic heterocycles. The second-order valence-corrected chi connectivity index (χ2v) is 6.99. The van der Waals surface area contributed by atoms with Crippen molar-refractivity contribution >= 4 is 29.5 Å². The molecule has 0 fully saturated rings. The molecule has 1 aliphatic rings. The van der Waals surface area contributed by atoms with Crippen molar-refractivity contribution < 1.29 is 14.3 Å². The summed E-state index contributed by atoms with van der Waals surface area (Å²) in [5.41, 5.74) is 2.58.